The number of nitrogens with one attached hydrogen (secondary N) is 1. The maximum Gasteiger partial charge on any atom is 0.220 e. The summed E-state index contributed by atoms with van der Waals surface area (Å²) in [5.74, 6) is 0.879. The third-order valence-corrected chi connectivity index (χ3v) is 4.93. The summed E-state index contributed by atoms with van der Waals surface area (Å²) in [4.78, 5) is 31.0. The molecule has 2 heterocycles. The van der Waals surface area contributed by atoms with E-state index in [1.807, 2.05) is 43.3 Å². The Labute approximate surface area is 160 Å². The second-order valence-electron chi connectivity index (χ2n) is 7.14. The number of benzene rings is 1. The molecular weight excluding hydrogens is 338 g/mol. The van der Waals surface area contributed by atoms with Gasteiger partial charge in [-0.05, 0) is 43.9 Å². The van der Waals surface area contributed by atoms with E-state index in [1.54, 1.807) is 6.20 Å². The molecule has 0 unspecified atom stereocenters. The first kappa shape index (κ1) is 19.1. The monoisotopic (exact) mass is 365 g/mol. The Kier molecular flexibility index (Phi) is 6.58. The Morgan fingerprint density at radius 2 is 1.78 bits per heavy atom. The highest BCUT2D eigenvalue weighted by atomic mass is 16.2. The van der Waals surface area contributed by atoms with Crippen molar-refractivity contribution in [2.45, 2.75) is 45.6 Å². The van der Waals surface area contributed by atoms with Gasteiger partial charge in [-0.15, -0.1) is 0 Å². The molecule has 5 nitrogen and oxygen atoms in total. The van der Waals surface area contributed by atoms with Gasteiger partial charge in [0.15, 0.2) is 5.78 Å². The number of carbonyl (C=O) groups excluding carboxylic acids is 2. The largest absolute Gasteiger partial charge is 0.357 e. The Morgan fingerprint density at radius 3 is 2.52 bits per heavy atom. The molecule has 1 saturated heterocycles. The number of hydrogen-bond acceptors (Lipinski definition) is 4. The van der Waals surface area contributed by atoms with E-state index in [2.05, 4.69) is 15.2 Å². The lowest BCUT2D eigenvalue weighted by atomic mass is 10.0. The van der Waals surface area contributed by atoms with Crippen LogP contribution in [0.25, 0.3) is 0 Å². The molecule has 2 aromatic rings. The lowest BCUT2D eigenvalue weighted by molar-refractivity contribution is -0.121. The normalized spacial score (nSPS) is 14.0. The molecule has 1 aromatic heterocycles. The van der Waals surface area contributed by atoms with E-state index in [9.17, 15) is 9.59 Å². The van der Waals surface area contributed by atoms with Crippen molar-refractivity contribution in [1.29, 1.82) is 0 Å². The van der Waals surface area contributed by atoms with E-state index < -0.39 is 0 Å². The van der Waals surface area contributed by atoms with Crippen molar-refractivity contribution in [2.75, 3.05) is 18.0 Å². The molecule has 1 N–H and O–H groups in total. The van der Waals surface area contributed by atoms with Crippen LogP contribution in [-0.4, -0.2) is 29.8 Å². The second-order valence-corrected chi connectivity index (χ2v) is 7.14. The van der Waals surface area contributed by atoms with Gasteiger partial charge in [-0.25, -0.2) is 4.98 Å². The second kappa shape index (κ2) is 9.31. The van der Waals surface area contributed by atoms with E-state index in [0.717, 1.165) is 30.0 Å². The molecule has 0 atom stereocenters. The first-order valence-corrected chi connectivity index (χ1v) is 9.68. The summed E-state index contributed by atoms with van der Waals surface area (Å²) in [6, 6.07) is 11.4. The third kappa shape index (κ3) is 5.64. The van der Waals surface area contributed by atoms with Crippen LogP contribution in [0.1, 0.15) is 53.6 Å². The molecule has 0 bridgehead atoms. The van der Waals surface area contributed by atoms with Crippen LogP contribution in [0.4, 0.5) is 5.82 Å². The molecular formula is C22H27N3O2. The van der Waals surface area contributed by atoms with Crippen LogP contribution in [0.3, 0.4) is 0 Å². The van der Waals surface area contributed by atoms with Crippen molar-refractivity contribution in [1.82, 2.24) is 10.3 Å². The first-order valence-electron chi connectivity index (χ1n) is 9.68. The summed E-state index contributed by atoms with van der Waals surface area (Å²) in [5.41, 5.74) is 2.81. The van der Waals surface area contributed by atoms with Crippen LogP contribution in [0, 0.1) is 6.92 Å². The Bertz CT molecular complexity index is 780. The van der Waals surface area contributed by atoms with Crippen LogP contribution in [0.2, 0.25) is 0 Å². The number of nitrogens with zero attached hydrogens (tertiary/aromatic N) is 2. The van der Waals surface area contributed by atoms with Crippen LogP contribution >= 0.6 is 0 Å². The average molecular weight is 365 g/mol. The summed E-state index contributed by atoms with van der Waals surface area (Å²) >= 11 is 0. The molecule has 0 radical (unpaired) electrons. The van der Waals surface area contributed by atoms with Gasteiger partial charge in [0.05, 0.1) is 0 Å². The molecule has 0 spiro atoms. The molecule has 1 fully saturated rings. The van der Waals surface area contributed by atoms with Crippen LogP contribution in [0.15, 0.2) is 42.6 Å². The average Bonchev–Trinajstić information content (AvgIpc) is 2.72. The number of amides is 1. The molecule has 27 heavy (non-hydrogen) atoms. The van der Waals surface area contributed by atoms with Gasteiger partial charge in [-0.2, -0.15) is 0 Å². The summed E-state index contributed by atoms with van der Waals surface area (Å²) in [5, 5.41) is 2.91. The van der Waals surface area contributed by atoms with Gasteiger partial charge < -0.3 is 10.2 Å². The SMILES string of the molecule is Cc1ccc(C(=O)CCC(=O)NCc2ccnc(N3CCCCC3)c2)cc1. The first-order chi connectivity index (χ1) is 13.1. The van der Waals surface area contributed by atoms with Gasteiger partial charge in [-0.3, -0.25) is 9.59 Å². The quantitative estimate of drug-likeness (QED) is 0.761. The number of aryl methyl sites for hydroxylation is 1. The van der Waals surface area contributed by atoms with Gasteiger partial charge in [0.25, 0.3) is 0 Å². The van der Waals surface area contributed by atoms with E-state index in [4.69, 9.17) is 0 Å². The number of hydrogen-bond donors (Lipinski definition) is 1. The van der Waals surface area contributed by atoms with Gasteiger partial charge in [-0.1, -0.05) is 29.8 Å². The standard InChI is InChI=1S/C22H27N3O2/c1-17-5-7-19(8-6-17)20(26)9-10-22(27)24-16-18-11-12-23-21(15-18)25-13-3-2-4-14-25/h5-8,11-12,15H,2-4,9-10,13-14,16H2,1H3,(H,24,27). The molecule has 142 valence electrons. The molecule has 0 saturated carbocycles. The van der Waals surface area contributed by atoms with Crippen LogP contribution in [0.5, 0.6) is 0 Å². The van der Waals surface area contributed by atoms with E-state index >= 15 is 0 Å². The molecule has 1 aliphatic heterocycles. The maximum absolute atomic E-state index is 12.2. The highest BCUT2D eigenvalue weighted by Gasteiger charge is 2.13. The van der Waals surface area contributed by atoms with Crippen molar-refractivity contribution in [3.05, 3.63) is 59.3 Å². The van der Waals surface area contributed by atoms with E-state index in [1.165, 1.54) is 19.3 Å². The number of piperidine rings is 1. The Morgan fingerprint density at radius 1 is 1.04 bits per heavy atom. The van der Waals surface area contributed by atoms with Crippen molar-refractivity contribution >= 4 is 17.5 Å². The molecule has 5 heteroatoms. The molecule has 0 aliphatic carbocycles. The number of Topliss-reactive ketones (excluding diaryl/α,β-unsaturated/α-hetero) is 1. The molecule has 3 rings (SSSR count). The molecule has 1 aromatic carbocycles. The van der Waals surface area contributed by atoms with Crippen molar-refractivity contribution < 1.29 is 9.59 Å². The predicted octanol–water partition coefficient (Wildman–Crippen LogP) is 3.66. The fourth-order valence-electron chi connectivity index (χ4n) is 3.27. The topological polar surface area (TPSA) is 62.3 Å². The number of pyridine rings is 1. The zero-order valence-electron chi connectivity index (χ0n) is 15.9. The third-order valence-electron chi connectivity index (χ3n) is 4.93. The number of anilines is 1. The lowest BCUT2D eigenvalue weighted by Crippen LogP contribution is -2.30. The summed E-state index contributed by atoms with van der Waals surface area (Å²) in [7, 11) is 0. The van der Waals surface area contributed by atoms with E-state index in [-0.39, 0.29) is 24.5 Å². The highest BCUT2D eigenvalue weighted by Crippen LogP contribution is 2.18. The fourth-order valence-corrected chi connectivity index (χ4v) is 3.27. The molecule has 1 amide bonds. The van der Waals surface area contributed by atoms with Crippen molar-refractivity contribution in [3.63, 3.8) is 0 Å². The number of aromatic nitrogens is 1. The lowest BCUT2D eigenvalue weighted by Gasteiger charge is -2.27. The van der Waals surface area contributed by atoms with Gasteiger partial charge in [0.1, 0.15) is 5.82 Å². The summed E-state index contributed by atoms with van der Waals surface area (Å²) < 4.78 is 0. The minimum Gasteiger partial charge on any atom is -0.357 e. The van der Waals surface area contributed by atoms with Gasteiger partial charge >= 0.3 is 0 Å². The predicted molar refractivity (Wildman–Crippen MR) is 107 cm³/mol. The zero-order valence-corrected chi connectivity index (χ0v) is 15.9. The number of rotatable bonds is 7. The molecule has 1 aliphatic rings. The van der Waals surface area contributed by atoms with Crippen molar-refractivity contribution in [3.8, 4) is 0 Å². The van der Waals surface area contributed by atoms with Crippen LogP contribution in [-0.2, 0) is 11.3 Å². The van der Waals surface area contributed by atoms with Gasteiger partial charge in [0, 0.05) is 44.2 Å². The van der Waals surface area contributed by atoms with Gasteiger partial charge in [0.2, 0.25) is 5.91 Å². The summed E-state index contributed by atoms with van der Waals surface area (Å²) in [6.45, 7) is 4.53. The Balaban J connectivity index is 1.46. The minimum atomic E-state index is -0.105. The minimum absolute atomic E-state index is 0.00134. The summed E-state index contributed by atoms with van der Waals surface area (Å²) in [6.07, 6.45) is 5.93. The smallest absolute Gasteiger partial charge is 0.220 e. The highest BCUT2D eigenvalue weighted by molar-refractivity contribution is 5.97. The fraction of sp³-hybridized carbons (Fsp3) is 0.409. The van der Waals surface area contributed by atoms with E-state index in [0.29, 0.717) is 12.1 Å². The maximum atomic E-state index is 12.2. The number of ketones is 1. The van der Waals surface area contributed by atoms with Crippen LogP contribution < -0.4 is 10.2 Å². The number of carbonyl (C=O) groups is 2. The zero-order chi connectivity index (χ0) is 19.1. The van der Waals surface area contributed by atoms with Crippen molar-refractivity contribution in [2.24, 2.45) is 0 Å². The Hall–Kier alpha value is -2.69.